The van der Waals surface area contributed by atoms with Gasteiger partial charge in [-0.2, -0.15) is 0 Å². The molecule has 3 heterocycles. The quantitative estimate of drug-likeness (QED) is 0.718. The fraction of sp³-hybridized carbons (Fsp3) is 0.333. The predicted molar refractivity (Wildman–Crippen MR) is 112 cm³/mol. The van der Waals surface area contributed by atoms with Gasteiger partial charge in [-0.25, -0.2) is 4.98 Å². The molecule has 3 aromatic rings. The summed E-state index contributed by atoms with van der Waals surface area (Å²) in [5, 5.41) is 4.22. The van der Waals surface area contributed by atoms with Crippen molar-refractivity contribution in [2.24, 2.45) is 0 Å². The Morgan fingerprint density at radius 2 is 1.89 bits per heavy atom. The van der Waals surface area contributed by atoms with Crippen molar-refractivity contribution in [2.45, 2.75) is 20.0 Å². The molecule has 1 aromatic carbocycles. The minimum absolute atomic E-state index is 0.162. The Hall–Kier alpha value is -2.57. The molecule has 2 aromatic heterocycles. The van der Waals surface area contributed by atoms with Crippen LogP contribution in [0.25, 0.3) is 5.65 Å². The van der Waals surface area contributed by atoms with Gasteiger partial charge < -0.3 is 14.6 Å². The lowest BCUT2D eigenvalue weighted by molar-refractivity contribution is -0.130. The van der Waals surface area contributed by atoms with E-state index < -0.39 is 0 Å². The number of halogens is 1. The number of carbonyl (C=O) groups excluding carboxylic acids is 1. The fourth-order valence-corrected chi connectivity index (χ4v) is 3.75. The molecule has 1 aliphatic heterocycles. The van der Waals surface area contributed by atoms with E-state index in [2.05, 4.69) is 33.4 Å². The third kappa shape index (κ3) is 4.29. The van der Waals surface area contributed by atoms with Crippen LogP contribution in [-0.2, 0) is 17.9 Å². The van der Waals surface area contributed by atoms with E-state index in [0.29, 0.717) is 11.6 Å². The second-order valence-electron chi connectivity index (χ2n) is 7.14. The summed E-state index contributed by atoms with van der Waals surface area (Å²) in [6, 6.07) is 12.1. The van der Waals surface area contributed by atoms with Crippen molar-refractivity contribution in [3.8, 4) is 0 Å². The maximum atomic E-state index is 11.5. The summed E-state index contributed by atoms with van der Waals surface area (Å²) in [4.78, 5) is 20.4. The van der Waals surface area contributed by atoms with Crippen molar-refractivity contribution in [1.29, 1.82) is 0 Å². The van der Waals surface area contributed by atoms with Crippen LogP contribution in [0.15, 0.2) is 48.8 Å². The molecular formula is C21H24ClN5O. The second kappa shape index (κ2) is 8.20. The number of benzene rings is 1. The van der Waals surface area contributed by atoms with Crippen molar-refractivity contribution < 1.29 is 4.79 Å². The molecule has 146 valence electrons. The zero-order valence-electron chi connectivity index (χ0n) is 15.9. The normalized spacial score (nSPS) is 15.1. The van der Waals surface area contributed by atoms with E-state index in [4.69, 9.17) is 11.6 Å². The molecule has 6 nitrogen and oxygen atoms in total. The number of nitrogens with one attached hydrogen (secondary N) is 1. The van der Waals surface area contributed by atoms with Crippen molar-refractivity contribution in [1.82, 2.24) is 19.2 Å². The van der Waals surface area contributed by atoms with Gasteiger partial charge in [-0.1, -0.05) is 29.8 Å². The molecule has 28 heavy (non-hydrogen) atoms. The number of carbonyl (C=O) groups is 1. The average molecular weight is 398 g/mol. The van der Waals surface area contributed by atoms with Crippen LogP contribution in [0.1, 0.15) is 18.2 Å². The van der Waals surface area contributed by atoms with Crippen molar-refractivity contribution in [2.75, 3.05) is 31.5 Å². The summed E-state index contributed by atoms with van der Waals surface area (Å²) in [7, 11) is 0. The van der Waals surface area contributed by atoms with Crippen LogP contribution in [0.5, 0.6) is 0 Å². The zero-order chi connectivity index (χ0) is 19.5. The number of fused-ring (bicyclic) bond motifs is 1. The molecule has 0 saturated carbocycles. The van der Waals surface area contributed by atoms with Gasteiger partial charge in [0.15, 0.2) is 0 Å². The van der Waals surface area contributed by atoms with Crippen molar-refractivity contribution in [3.63, 3.8) is 0 Å². The van der Waals surface area contributed by atoms with Gasteiger partial charge in [0.2, 0.25) is 5.91 Å². The number of hydrogen-bond donors (Lipinski definition) is 1. The van der Waals surface area contributed by atoms with Crippen LogP contribution < -0.4 is 5.32 Å². The van der Waals surface area contributed by atoms with E-state index >= 15 is 0 Å². The fourth-order valence-electron chi connectivity index (χ4n) is 3.58. The first-order valence-electron chi connectivity index (χ1n) is 9.51. The monoisotopic (exact) mass is 397 g/mol. The minimum atomic E-state index is 0.162. The van der Waals surface area contributed by atoms with Crippen LogP contribution >= 0.6 is 11.6 Å². The summed E-state index contributed by atoms with van der Waals surface area (Å²) < 4.78 is 1.94. The van der Waals surface area contributed by atoms with Gasteiger partial charge in [0.1, 0.15) is 5.65 Å². The number of pyridine rings is 1. The van der Waals surface area contributed by atoms with E-state index in [-0.39, 0.29) is 5.91 Å². The summed E-state index contributed by atoms with van der Waals surface area (Å²) in [6.45, 7) is 6.57. The number of amides is 1. The largest absolute Gasteiger partial charge is 0.379 e. The summed E-state index contributed by atoms with van der Waals surface area (Å²) in [6.07, 6.45) is 3.86. The second-order valence-corrected chi connectivity index (χ2v) is 7.57. The highest BCUT2D eigenvalue weighted by molar-refractivity contribution is 6.30. The number of hydrogen-bond acceptors (Lipinski definition) is 4. The highest BCUT2D eigenvalue weighted by Crippen LogP contribution is 2.20. The lowest BCUT2D eigenvalue weighted by atomic mass is 10.1. The number of para-hydroxylation sites is 1. The minimum Gasteiger partial charge on any atom is -0.379 e. The number of piperazine rings is 1. The van der Waals surface area contributed by atoms with E-state index in [9.17, 15) is 4.79 Å². The Morgan fingerprint density at radius 3 is 2.68 bits per heavy atom. The first kappa shape index (κ1) is 18.8. The van der Waals surface area contributed by atoms with Gasteiger partial charge in [0.05, 0.1) is 17.3 Å². The van der Waals surface area contributed by atoms with Crippen LogP contribution in [0.2, 0.25) is 5.02 Å². The maximum Gasteiger partial charge on any atom is 0.219 e. The van der Waals surface area contributed by atoms with Gasteiger partial charge in [0, 0.05) is 57.7 Å². The Morgan fingerprint density at radius 1 is 1.11 bits per heavy atom. The maximum absolute atomic E-state index is 11.5. The molecule has 1 saturated heterocycles. The van der Waals surface area contributed by atoms with E-state index in [1.165, 1.54) is 5.56 Å². The third-order valence-electron chi connectivity index (χ3n) is 5.15. The molecule has 1 N–H and O–H groups in total. The molecule has 0 aliphatic carbocycles. The molecule has 4 rings (SSSR count). The van der Waals surface area contributed by atoms with Crippen LogP contribution in [0.4, 0.5) is 5.69 Å². The lowest BCUT2D eigenvalue weighted by Gasteiger charge is -2.34. The molecule has 0 bridgehead atoms. The Balaban J connectivity index is 1.40. The SMILES string of the molecule is CC(=O)N1CCN(Cc2ccccc2NCc2cn3cc(Cl)ccc3n2)CC1. The van der Waals surface area contributed by atoms with Crippen LogP contribution in [-0.4, -0.2) is 51.3 Å². The third-order valence-corrected chi connectivity index (χ3v) is 5.38. The molecule has 1 fully saturated rings. The molecule has 0 atom stereocenters. The molecule has 1 amide bonds. The Labute approximate surface area is 169 Å². The smallest absolute Gasteiger partial charge is 0.219 e. The molecule has 0 radical (unpaired) electrons. The van der Waals surface area contributed by atoms with Gasteiger partial charge >= 0.3 is 0 Å². The summed E-state index contributed by atoms with van der Waals surface area (Å²) in [5.74, 6) is 0.162. The van der Waals surface area contributed by atoms with E-state index in [1.807, 2.05) is 39.9 Å². The summed E-state index contributed by atoms with van der Waals surface area (Å²) in [5.41, 5.74) is 4.22. The van der Waals surface area contributed by atoms with Crippen LogP contribution in [0.3, 0.4) is 0 Å². The lowest BCUT2D eigenvalue weighted by Crippen LogP contribution is -2.47. The van der Waals surface area contributed by atoms with Crippen molar-refractivity contribution >= 4 is 28.8 Å². The topological polar surface area (TPSA) is 52.9 Å². The van der Waals surface area contributed by atoms with E-state index in [0.717, 1.165) is 49.8 Å². The van der Waals surface area contributed by atoms with Crippen molar-refractivity contribution in [3.05, 3.63) is 65.1 Å². The number of rotatable bonds is 5. The standard InChI is InChI=1S/C21H24ClN5O/c1-16(28)26-10-8-25(9-11-26)13-17-4-2-3-5-20(17)23-12-19-15-27-14-18(22)6-7-21(27)24-19/h2-7,14-15,23H,8-13H2,1H3. The zero-order valence-corrected chi connectivity index (χ0v) is 16.7. The first-order valence-corrected chi connectivity index (χ1v) is 9.89. The van der Waals surface area contributed by atoms with Crippen LogP contribution in [0, 0.1) is 0 Å². The Kier molecular flexibility index (Phi) is 5.50. The Bertz CT molecular complexity index is 978. The molecule has 0 unspecified atom stereocenters. The predicted octanol–water partition coefficient (Wildman–Crippen LogP) is 3.26. The highest BCUT2D eigenvalue weighted by atomic mass is 35.5. The van der Waals surface area contributed by atoms with Gasteiger partial charge in [-0.3, -0.25) is 9.69 Å². The average Bonchev–Trinajstić information content (AvgIpc) is 3.09. The van der Waals surface area contributed by atoms with Gasteiger partial charge in [-0.05, 0) is 23.8 Å². The molecular weight excluding hydrogens is 374 g/mol. The number of anilines is 1. The first-order chi connectivity index (χ1) is 13.6. The molecule has 1 aliphatic rings. The highest BCUT2D eigenvalue weighted by Gasteiger charge is 2.19. The van der Waals surface area contributed by atoms with Gasteiger partial charge in [-0.15, -0.1) is 0 Å². The summed E-state index contributed by atoms with van der Waals surface area (Å²) >= 11 is 6.05. The molecule has 7 heteroatoms. The number of imidazole rings is 1. The van der Waals surface area contributed by atoms with E-state index in [1.54, 1.807) is 6.92 Å². The number of nitrogens with zero attached hydrogens (tertiary/aromatic N) is 4. The van der Waals surface area contributed by atoms with Gasteiger partial charge in [0.25, 0.3) is 0 Å². The number of aromatic nitrogens is 2. The molecule has 0 spiro atoms.